The lowest BCUT2D eigenvalue weighted by Crippen LogP contribution is -2.05. The van der Waals surface area contributed by atoms with Gasteiger partial charge in [-0.3, -0.25) is 0 Å². The summed E-state index contributed by atoms with van der Waals surface area (Å²) >= 11 is 0. The van der Waals surface area contributed by atoms with Gasteiger partial charge in [0, 0.05) is 10.9 Å². The molecule has 142 valence electrons. The molecule has 0 radical (unpaired) electrons. The third-order valence-corrected chi connectivity index (χ3v) is 3.97. The van der Waals surface area contributed by atoms with Crippen LogP contribution in [0.3, 0.4) is 0 Å². The van der Waals surface area contributed by atoms with Crippen molar-refractivity contribution in [2.45, 2.75) is 6.18 Å². The average Bonchev–Trinajstić information content (AvgIpc) is 3.28. The number of rotatable bonds is 3. The fraction of sp³-hybridized carbons (Fsp3) is 0.0556. The standard InChI is InChI=1S/C18H8F4N2O4/c19-12-6-5-11(18(20,21)22)10-7-13(27-14(10)12)16-23-15(24-28-16)8-1-3-9(4-2-8)17(25)26/h1-7H,(H,25,26). The molecule has 0 aliphatic carbocycles. The molecule has 0 amide bonds. The van der Waals surface area contributed by atoms with Crippen LogP contribution in [0.25, 0.3) is 34.0 Å². The van der Waals surface area contributed by atoms with Crippen molar-refractivity contribution in [3.05, 3.63) is 59.4 Å². The first-order valence-corrected chi connectivity index (χ1v) is 7.71. The molecule has 4 rings (SSSR count). The molecule has 28 heavy (non-hydrogen) atoms. The van der Waals surface area contributed by atoms with Gasteiger partial charge in [0.2, 0.25) is 5.82 Å². The second kappa shape index (κ2) is 6.19. The van der Waals surface area contributed by atoms with Crippen LogP contribution in [0.2, 0.25) is 0 Å². The molecule has 2 aromatic carbocycles. The molecule has 1 N–H and O–H groups in total. The molecule has 0 aliphatic heterocycles. The minimum Gasteiger partial charge on any atom is -0.478 e. The predicted octanol–water partition coefficient (Wildman–Crippen LogP) is 5.01. The Bertz CT molecular complexity index is 1190. The Morgan fingerprint density at radius 2 is 1.79 bits per heavy atom. The van der Waals surface area contributed by atoms with E-state index in [1.807, 2.05) is 0 Å². The number of carboxylic acids is 1. The van der Waals surface area contributed by atoms with Gasteiger partial charge in [-0.2, -0.15) is 18.2 Å². The second-order valence-electron chi connectivity index (χ2n) is 5.75. The van der Waals surface area contributed by atoms with E-state index in [-0.39, 0.29) is 23.0 Å². The van der Waals surface area contributed by atoms with Crippen LogP contribution in [0, 0.1) is 5.82 Å². The van der Waals surface area contributed by atoms with Crippen LogP contribution >= 0.6 is 0 Å². The van der Waals surface area contributed by atoms with Crippen molar-refractivity contribution in [2.75, 3.05) is 0 Å². The van der Waals surface area contributed by atoms with Crippen LogP contribution in [0.15, 0.2) is 51.4 Å². The third kappa shape index (κ3) is 2.98. The summed E-state index contributed by atoms with van der Waals surface area (Å²) in [7, 11) is 0. The largest absolute Gasteiger partial charge is 0.478 e. The van der Waals surface area contributed by atoms with E-state index in [1.165, 1.54) is 24.3 Å². The Morgan fingerprint density at radius 3 is 2.43 bits per heavy atom. The molecule has 0 spiro atoms. The van der Waals surface area contributed by atoms with Gasteiger partial charge in [-0.25, -0.2) is 9.18 Å². The first-order valence-electron chi connectivity index (χ1n) is 7.71. The van der Waals surface area contributed by atoms with E-state index >= 15 is 0 Å². The highest BCUT2D eigenvalue weighted by Crippen LogP contribution is 2.39. The molecule has 0 saturated carbocycles. The van der Waals surface area contributed by atoms with E-state index in [4.69, 9.17) is 14.0 Å². The van der Waals surface area contributed by atoms with E-state index < -0.39 is 34.5 Å². The van der Waals surface area contributed by atoms with E-state index in [0.29, 0.717) is 17.7 Å². The summed E-state index contributed by atoms with van der Waals surface area (Å²) in [4.78, 5) is 14.9. The van der Waals surface area contributed by atoms with E-state index in [0.717, 1.165) is 6.07 Å². The van der Waals surface area contributed by atoms with Crippen LogP contribution in [0.5, 0.6) is 0 Å². The predicted molar refractivity (Wildman–Crippen MR) is 86.9 cm³/mol. The molecule has 0 fully saturated rings. The van der Waals surface area contributed by atoms with Crippen LogP contribution < -0.4 is 0 Å². The summed E-state index contributed by atoms with van der Waals surface area (Å²) in [5, 5.41) is 12.1. The number of alkyl halides is 3. The first kappa shape index (κ1) is 17.7. The molecular formula is C18H8F4N2O4. The Balaban J connectivity index is 1.75. The van der Waals surface area contributed by atoms with E-state index in [9.17, 15) is 22.4 Å². The molecule has 0 bridgehead atoms. The van der Waals surface area contributed by atoms with E-state index in [1.54, 1.807) is 0 Å². The molecule has 0 saturated heterocycles. The molecule has 2 aromatic heterocycles. The maximum atomic E-state index is 13.9. The van der Waals surface area contributed by atoms with Gasteiger partial charge in [0.15, 0.2) is 17.2 Å². The molecule has 0 unspecified atom stereocenters. The quantitative estimate of drug-likeness (QED) is 0.493. The van der Waals surface area contributed by atoms with Gasteiger partial charge in [-0.15, -0.1) is 0 Å². The molecule has 10 heteroatoms. The summed E-state index contributed by atoms with van der Waals surface area (Å²) in [5.74, 6) is -2.49. The lowest BCUT2D eigenvalue weighted by atomic mass is 10.1. The van der Waals surface area contributed by atoms with Crippen molar-refractivity contribution in [3.63, 3.8) is 0 Å². The zero-order valence-corrected chi connectivity index (χ0v) is 13.6. The molecule has 2 heterocycles. The lowest BCUT2D eigenvalue weighted by Gasteiger charge is -2.06. The summed E-state index contributed by atoms with van der Waals surface area (Å²) in [6, 6.07) is 7.82. The molecule has 0 atom stereocenters. The normalized spacial score (nSPS) is 11.9. The molecule has 4 aromatic rings. The fourth-order valence-electron chi connectivity index (χ4n) is 2.65. The van der Waals surface area contributed by atoms with Gasteiger partial charge >= 0.3 is 12.1 Å². The van der Waals surface area contributed by atoms with Crippen molar-refractivity contribution in [1.82, 2.24) is 10.1 Å². The highest BCUT2D eigenvalue weighted by Gasteiger charge is 2.34. The second-order valence-corrected chi connectivity index (χ2v) is 5.75. The Labute approximate surface area is 153 Å². The van der Waals surface area contributed by atoms with E-state index in [2.05, 4.69) is 10.1 Å². The third-order valence-electron chi connectivity index (χ3n) is 3.97. The number of fused-ring (bicyclic) bond motifs is 1. The lowest BCUT2D eigenvalue weighted by molar-refractivity contribution is -0.136. The number of hydrogen-bond acceptors (Lipinski definition) is 5. The SMILES string of the molecule is O=C(O)c1ccc(-c2noc(-c3cc4c(C(F)(F)F)ccc(F)c4o3)n2)cc1. The van der Waals surface area contributed by atoms with Gasteiger partial charge in [0.05, 0.1) is 11.1 Å². The summed E-state index contributed by atoms with van der Waals surface area (Å²) < 4.78 is 63.4. The number of halogens is 4. The van der Waals surface area contributed by atoms with Crippen LogP contribution in [-0.2, 0) is 6.18 Å². The minimum atomic E-state index is -4.70. The van der Waals surface area contributed by atoms with Crippen molar-refractivity contribution in [3.8, 4) is 23.0 Å². The number of carboxylic acid groups (broad SMARTS) is 1. The number of aromatic nitrogens is 2. The summed E-state index contributed by atoms with van der Waals surface area (Å²) in [5.41, 5.74) is -1.16. The van der Waals surface area contributed by atoms with Crippen molar-refractivity contribution in [2.24, 2.45) is 0 Å². The Hall–Kier alpha value is -3.69. The van der Waals surface area contributed by atoms with Gasteiger partial charge in [0.25, 0.3) is 5.89 Å². The van der Waals surface area contributed by atoms with Gasteiger partial charge in [-0.05, 0) is 30.3 Å². The van der Waals surface area contributed by atoms with Gasteiger partial charge in [0.1, 0.15) is 0 Å². The number of carbonyl (C=O) groups is 1. The van der Waals surface area contributed by atoms with Crippen molar-refractivity contribution in [1.29, 1.82) is 0 Å². The fourth-order valence-corrected chi connectivity index (χ4v) is 2.65. The van der Waals surface area contributed by atoms with Gasteiger partial charge in [-0.1, -0.05) is 17.3 Å². The minimum absolute atomic E-state index is 0.0555. The van der Waals surface area contributed by atoms with Crippen LogP contribution in [0.4, 0.5) is 17.6 Å². The average molecular weight is 392 g/mol. The number of benzene rings is 2. The maximum absolute atomic E-state index is 13.9. The summed E-state index contributed by atoms with van der Waals surface area (Å²) in [6.45, 7) is 0. The Morgan fingerprint density at radius 1 is 1.07 bits per heavy atom. The van der Waals surface area contributed by atoms with Crippen molar-refractivity contribution < 1.29 is 36.4 Å². The number of hydrogen-bond donors (Lipinski definition) is 1. The number of aromatic carboxylic acids is 1. The first-order chi connectivity index (χ1) is 13.2. The molecule has 6 nitrogen and oxygen atoms in total. The summed E-state index contributed by atoms with van der Waals surface area (Å²) in [6.07, 6.45) is -4.70. The smallest absolute Gasteiger partial charge is 0.417 e. The highest BCUT2D eigenvalue weighted by atomic mass is 19.4. The monoisotopic (exact) mass is 392 g/mol. The van der Waals surface area contributed by atoms with Gasteiger partial charge < -0.3 is 14.0 Å². The molecular weight excluding hydrogens is 384 g/mol. The zero-order valence-electron chi connectivity index (χ0n) is 13.6. The Kier molecular flexibility index (Phi) is 3.91. The van der Waals surface area contributed by atoms with Crippen molar-refractivity contribution >= 4 is 16.9 Å². The highest BCUT2D eigenvalue weighted by molar-refractivity contribution is 5.88. The molecule has 0 aliphatic rings. The van der Waals surface area contributed by atoms with Crippen LogP contribution in [0.1, 0.15) is 15.9 Å². The number of nitrogens with zero attached hydrogens (tertiary/aromatic N) is 2. The number of furan rings is 1. The zero-order chi connectivity index (χ0) is 20.1. The maximum Gasteiger partial charge on any atom is 0.417 e. The topological polar surface area (TPSA) is 89.4 Å². The van der Waals surface area contributed by atoms with Crippen LogP contribution in [-0.4, -0.2) is 21.2 Å².